The van der Waals surface area contributed by atoms with E-state index in [9.17, 15) is 4.79 Å². The second-order valence-corrected chi connectivity index (χ2v) is 5.92. The molecule has 1 saturated heterocycles. The Morgan fingerprint density at radius 1 is 1.35 bits per heavy atom. The number of nitrogens with zero attached hydrogens (tertiary/aromatic N) is 1. The molecular weight excluding hydrogens is 248 g/mol. The Labute approximate surface area is 122 Å². The van der Waals surface area contributed by atoms with Gasteiger partial charge in [0, 0.05) is 13.1 Å². The van der Waals surface area contributed by atoms with Crippen molar-refractivity contribution >= 4 is 5.91 Å². The van der Waals surface area contributed by atoms with Gasteiger partial charge in [-0.3, -0.25) is 9.69 Å². The van der Waals surface area contributed by atoms with Crippen molar-refractivity contribution in [2.24, 2.45) is 5.92 Å². The molecule has 2 rings (SSSR count). The van der Waals surface area contributed by atoms with Crippen molar-refractivity contribution in [1.82, 2.24) is 10.2 Å². The third-order valence-electron chi connectivity index (χ3n) is 3.92. The Balaban J connectivity index is 1.58. The highest BCUT2D eigenvalue weighted by molar-refractivity contribution is 5.77. The van der Waals surface area contributed by atoms with Gasteiger partial charge < -0.3 is 5.32 Å². The van der Waals surface area contributed by atoms with Crippen LogP contribution in [0.25, 0.3) is 0 Å². The topological polar surface area (TPSA) is 32.3 Å². The van der Waals surface area contributed by atoms with Crippen LogP contribution in [-0.2, 0) is 11.2 Å². The number of amides is 1. The number of likely N-dealkylation sites (tertiary alicyclic amines) is 1. The molecule has 0 radical (unpaired) electrons. The van der Waals surface area contributed by atoms with Crippen LogP contribution in [0, 0.1) is 5.92 Å². The Hall–Kier alpha value is -1.35. The Morgan fingerprint density at radius 2 is 2.15 bits per heavy atom. The second-order valence-electron chi connectivity index (χ2n) is 5.92. The SMILES string of the molecule is CC1CCCN(CC(=O)NCCCc2ccccc2)C1. The summed E-state index contributed by atoms with van der Waals surface area (Å²) in [7, 11) is 0. The van der Waals surface area contributed by atoms with Gasteiger partial charge in [0.05, 0.1) is 6.54 Å². The van der Waals surface area contributed by atoms with Crippen LogP contribution in [0.15, 0.2) is 30.3 Å². The number of hydrogen-bond acceptors (Lipinski definition) is 2. The molecule has 0 bridgehead atoms. The molecule has 0 aromatic heterocycles. The van der Waals surface area contributed by atoms with Crippen LogP contribution in [0.1, 0.15) is 31.7 Å². The quantitative estimate of drug-likeness (QED) is 0.808. The van der Waals surface area contributed by atoms with E-state index in [1.165, 1.54) is 18.4 Å². The summed E-state index contributed by atoms with van der Waals surface area (Å²) in [5, 5.41) is 3.03. The normalized spacial score (nSPS) is 19.8. The summed E-state index contributed by atoms with van der Waals surface area (Å²) in [4.78, 5) is 14.2. The first-order valence-corrected chi connectivity index (χ1v) is 7.77. The number of piperidine rings is 1. The van der Waals surface area contributed by atoms with E-state index in [2.05, 4.69) is 41.4 Å². The van der Waals surface area contributed by atoms with Crippen LogP contribution < -0.4 is 5.32 Å². The average molecular weight is 274 g/mol. The fourth-order valence-corrected chi connectivity index (χ4v) is 2.85. The van der Waals surface area contributed by atoms with Crippen molar-refractivity contribution in [2.75, 3.05) is 26.2 Å². The first kappa shape index (κ1) is 15.0. The summed E-state index contributed by atoms with van der Waals surface area (Å²) in [5.74, 6) is 0.904. The number of aryl methyl sites for hydroxylation is 1. The fourth-order valence-electron chi connectivity index (χ4n) is 2.85. The zero-order valence-electron chi connectivity index (χ0n) is 12.5. The number of carbonyl (C=O) groups is 1. The molecule has 1 N–H and O–H groups in total. The molecule has 0 spiro atoms. The first-order chi connectivity index (χ1) is 9.74. The first-order valence-electron chi connectivity index (χ1n) is 7.77. The van der Waals surface area contributed by atoms with E-state index in [-0.39, 0.29) is 5.91 Å². The summed E-state index contributed by atoms with van der Waals surface area (Å²) in [6.45, 7) is 5.75. The molecule has 1 aromatic carbocycles. The second kappa shape index (κ2) is 8.05. The third kappa shape index (κ3) is 5.33. The van der Waals surface area contributed by atoms with Gasteiger partial charge in [-0.25, -0.2) is 0 Å². The van der Waals surface area contributed by atoms with Gasteiger partial charge in [-0.2, -0.15) is 0 Å². The van der Waals surface area contributed by atoms with Gasteiger partial charge in [0.25, 0.3) is 0 Å². The molecule has 110 valence electrons. The standard InChI is InChI=1S/C17H26N2O/c1-15-7-6-12-19(13-15)14-17(20)18-11-5-10-16-8-3-2-4-9-16/h2-4,8-9,15H,5-7,10-14H2,1H3,(H,18,20). The maximum Gasteiger partial charge on any atom is 0.234 e. The monoisotopic (exact) mass is 274 g/mol. The van der Waals surface area contributed by atoms with Crippen molar-refractivity contribution in [2.45, 2.75) is 32.6 Å². The van der Waals surface area contributed by atoms with Crippen LogP contribution in [0.5, 0.6) is 0 Å². The molecule has 1 heterocycles. The van der Waals surface area contributed by atoms with Crippen molar-refractivity contribution < 1.29 is 4.79 Å². The van der Waals surface area contributed by atoms with Gasteiger partial charge in [-0.1, -0.05) is 37.3 Å². The van der Waals surface area contributed by atoms with E-state index in [4.69, 9.17) is 0 Å². The van der Waals surface area contributed by atoms with Crippen LogP contribution >= 0.6 is 0 Å². The summed E-state index contributed by atoms with van der Waals surface area (Å²) >= 11 is 0. The molecular formula is C17H26N2O. The lowest BCUT2D eigenvalue weighted by Crippen LogP contribution is -2.42. The Morgan fingerprint density at radius 3 is 2.90 bits per heavy atom. The molecule has 1 atom stereocenters. The summed E-state index contributed by atoms with van der Waals surface area (Å²) in [6, 6.07) is 10.4. The molecule has 1 fully saturated rings. The maximum absolute atomic E-state index is 11.9. The van der Waals surface area contributed by atoms with Gasteiger partial charge in [0.15, 0.2) is 0 Å². The van der Waals surface area contributed by atoms with E-state index in [1.807, 2.05) is 6.07 Å². The van der Waals surface area contributed by atoms with E-state index in [0.717, 1.165) is 38.4 Å². The van der Waals surface area contributed by atoms with Gasteiger partial charge in [0.1, 0.15) is 0 Å². The highest BCUT2D eigenvalue weighted by Gasteiger charge is 2.18. The van der Waals surface area contributed by atoms with E-state index >= 15 is 0 Å². The molecule has 3 nitrogen and oxygen atoms in total. The van der Waals surface area contributed by atoms with Crippen molar-refractivity contribution in [3.63, 3.8) is 0 Å². The predicted octanol–water partition coefficient (Wildman–Crippen LogP) is 2.47. The van der Waals surface area contributed by atoms with Gasteiger partial charge in [-0.15, -0.1) is 0 Å². The average Bonchev–Trinajstić information content (AvgIpc) is 2.45. The minimum atomic E-state index is 0.173. The van der Waals surface area contributed by atoms with Crippen molar-refractivity contribution in [3.05, 3.63) is 35.9 Å². The lowest BCUT2D eigenvalue weighted by atomic mass is 10.0. The molecule has 0 aliphatic carbocycles. The number of nitrogens with one attached hydrogen (secondary N) is 1. The lowest BCUT2D eigenvalue weighted by Gasteiger charge is -2.30. The summed E-state index contributed by atoms with van der Waals surface area (Å²) in [5.41, 5.74) is 1.34. The van der Waals surface area contributed by atoms with E-state index in [0.29, 0.717) is 6.54 Å². The number of carbonyl (C=O) groups excluding carboxylic acids is 1. The smallest absolute Gasteiger partial charge is 0.234 e. The highest BCUT2D eigenvalue weighted by Crippen LogP contribution is 2.14. The van der Waals surface area contributed by atoms with Gasteiger partial charge in [-0.05, 0) is 43.7 Å². The fraction of sp³-hybridized carbons (Fsp3) is 0.588. The zero-order chi connectivity index (χ0) is 14.2. The molecule has 1 aliphatic rings. The minimum absolute atomic E-state index is 0.173. The molecule has 1 aliphatic heterocycles. The van der Waals surface area contributed by atoms with E-state index in [1.54, 1.807) is 0 Å². The zero-order valence-corrected chi connectivity index (χ0v) is 12.5. The van der Waals surface area contributed by atoms with Crippen LogP contribution in [0.4, 0.5) is 0 Å². The highest BCUT2D eigenvalue weighted by atomic mass is 16.2. The van der Waals surface area contributed by atoms with E-state index < -0.39 is 0 Å². The molecule has 3 heteroatoms. The van der Waals surface area contributed by atoms with Gasteiger partial charge in [0.2, 0.25) is 5.91 Å². The number of hydrogen-bond donors (Lipinski definition) is 1. The molecule has 0 saturated carbocycles. The summed E-state index contributed by atoms with van der Waals surface area (Å²) in [6.07, 6.45) is 4.56. The van der Waals surface area contributed by atoms with Crippen LogP contribution in [0.2, 0.25) is 0 Å². The van der Waals surface area contributed by atoms with Crippen LogP contribution in [-0.4, -0.2) is 37.0 Å². The molecule has 20 heavy (non-hydrogen) atoms. The Kier molecular flexibility index (Phi) is 6.06. The third-order valence-corrected chi connectivity index (χ3v) is 3.92. The molecule has 1 amide bonds. The Bertz CT molecular complexity index is 405. The number of rotatable bonds is 6. The number of benzene rings is 1. The molecule has 1 unspecified atom stereocenters. The largest absolute Gasteiger partial charge is 0.355 e. The molecule has 1 aromatic rings. The van der Waals surface area contributed by atoms with Crippen LogP contribution in [0.3, 0.4) is 0 Å². The summed E-state index contributed by atoms with van der Waals surface area (Å²) < 4.78 is 0. The maximum atomic E-state index is 11.9. The minimum Gasteiger partial charge on any atom is -0.355 e. The van der Waals surface area contributed by atoms with Crippen molar-refractivity contribution in [3.8, 4) is 0 Å². The predicted molar refractivity (Wildman–Crippen MR) is 82.6 cm³/mol. The van der Waals surface area contributed by atoms with Gasteiger partial charge >= 0.3 is 0 Å². The van der Waals surface area contributed by atoms with Crippen molar-refractivity contribution in [1.29, 1.82) is 0 Å². The lowest BCUT2D eigenvalue weighted by molar-refractivity contribution is -0.122.